The van der Waals surface area contributed by atoms with Gasteiger partial charge in [-0.1, -0.05) is 29.5 Å². The van der Waals surface area contributed by atoms with Gasteiger partial charge in [0.2, 0.25) is 5.91 Å². The summed E-state index contributed by atoms with van der Waals surface area (Å²) in [5.41, 5.74) is 1.84. The van der Waals surface area contributed by atoms with Gasteiger partial charge < -0.3 is 10.4 Å². The van der Waals surface area contributed by atoms with Crippen LogP contribution in [0.25, 0.3) is 0 Å². The molecule has 0 aliphatic heterocycles. The van der Waals surface area contributed by atoms with Crippen LogP contribution in [0.3, 0.4) is 0 Å². The van der Waals surface area contributed by atoms with E-state index in [4.69, 9.17) is 5.11 Å². The maximum atomic E-state index is 11.6. The topological polar surface area (TPSA) is 80.0 Å². The molecule has 0 fully saturated rings. The summed E-state index contributed by atoms with van der Waals surface area (Å²) in [6, 6.07) is 7.42. The van der Waals surface area contributed by atoms with Crippen LogP contribution in [-0.4, -0.2) is 26.0 Å². The molecule has 1 heterocycles. The minimum atomic E-state index is -0.119. The van der Waals surface area contributed by atoms with Crippen molar-refractivity contribution in [3.63, 3.8) is 0 Å². The SMILES string of the molecule is O=C(Cn1ccnn1)NCc1ccc(CO)cc1. The highest BCUT2D eigenvalue weighted by Gasteiger charge is 2.03. The van der Waals surface area contributed by atoms with Crippen LogP contribution in [0.2, 0.25) is 0 Å². The van der Waals surface area contributed by atoms with Gasteiger partial charge in [0, 0.05) is 12.7 Å². The Kier molecular flexibility index (Phi) is 4.03. The molecular formula is C12H14N4O2. The molecule has 0 aliphatic rings. The van der Waals surface area contributed by atoms with Crippen molar-refractivity contribution < 1.29 is 9.90 Å². The summed E-state index contributed by atoms with van der Waals surface area (Å²) in [7, 11) is 0. The number of carbonyl (C=O) groups is 1. The molecule has 94 valence electrons. The molecule has 2 N–H and O–H groups in total. The molecule has 0 unspecified atom stereocenters. The van der Waals surface area contributed by atoms with E-state index in [2.05, 4.69) is 15.6 Å². The van der Waals surface area contributed by atoms with Gasteiger partial charge in [-0.25, -0.2) is 4.68 Å². The Bertz CT molecular complexity index is 493. The van der Waals surface area contributed by atoms with Gasteiger partial charge >= 0.3 is 0 Å². The van der Waals surface area contributed by atoms with Crippen molar-refractivity contribution in [1.82, 2.24) is 20.3 Å². The molecule has 6 nitrogen and oxygen atoms in total. The second-order valence-electron chi connectivity index (χ2n) is 3.85. The van der Waals surface area contributed by atoms with E-state index < -0.39 is 0 Å². The molecule has 18 heavy (non-hydrogen) atoms. The molecule has 0 spiro atoms. The monoisotopic (exact) mass is 246 g/mol. The molecule has 1 aromatic heterocycles. The highest BCUT2D eigenvalue weighted by molar-refractivity contribution is 5.75. The molecule has 0 saturated heterocycles. The van der Waals surface area contributed by atoms with Crippen LogP contribution in [0.15, 0.2) is 36.7 Å². The van der Waals surface area contributed by atoms with Gasteiger partial charge in [-0.05, 0) is 11.1 Å². The van der Waals surface area contributed by atoms with Crippen molar-refractivity contribution in [1.29, 1.82) is 0 Å². The number of hydrogen-bond acceptors (Lipinski definition) is 4. The van der Waals surface area contributed by atoms with Crippen molar-refractivity contribution >= 4 is 5.91 Å². The summed E-state index contributed by atoms with van der Waals surface area (Å²) in [6.45, 7) is 0.646. The highest BCUT2D eigenvalue weighted by atomic mass is 16.3. The number of rotatable bonds is 5. The Morgan fingerprint density at radius 1 is 1.28 bits per heavy atom. The standard InChI is InChI=1S/C12H14N4O2/c17-9-11-3-1-10(2-4-11)7-13-12(18)8-16-6-5-14-15-16/h1-6,17H,7-9H2,(H,13,18). The molecule has 2 rings (SSSR count). The zero-order valence-electron chi connectivity index (χ0n) is 9.78. The molecule has 0 bridgehead atoms. The van der Waals surface area contributed by atoms with Crippen LogP contribution in [0.5, 0.6) is 0 Å². The molecule has 2 aromatic rings. The van der Waals surface area contributed by atoms with Crippen LogP contribution in [0.4, 0.5) is 0 Å². The van der Waals surface area contributed by atoms with E-state index >= 15 is 0 Å². The number of nitrogens with one attached hydrogen (secondary N) is 1. The number of benzene rings is 1. The highest BCUT2D eigenvalue weighted by Crippen LogP contribution is 2.03. The lowest BCUT2D eigenvalue weighted by Crippen LogP contribution is -2.27. The van der Waals surface area contributed by atoms with Crippen molar-refractivity contribution in [3.8, 4) is 0 Å². The maximum Gasteiger partial charge on any atom is 0.242 e. The fourth-order valence-corrected chi connectivity index (χ4v) is 1.48. The predicted molar refractivity (Wildman–Crippen MR) is 64.2 cm³/mol. The van der Waals surface area contributed by atoms with Gasteiger partial charge in [0.05, 0.1) is 12.8 Å². The summed E-state index contributed by atoms with van der Waals surface area (Å²) in [6.07, 6.45) is 3.16. The van der Waals surface area contributed by atoms with Crippen LogP contribution in [-0.2, 0) is 24.5 Å². The largest absolute Gasteiger partial charge is 0.392 e. The van der Waals surface area contributed by atoms with E-state index in [9.17, 15) is 4.79 Å². The average molecular weight is 246 g/mol. The van der Waals surface area contributed by atoms with Crippen molar-refractivity contribution in [2.75, 3.05) is 0 Å². The van der Waals surface area contributed by atoms with E-state index in [-0.39, 0.29) is 19.1 Å². The zero-order valence-corrected chi connectivity index (χ0v) is 9.78. The normalized spacial score (nSPS) is 10.3. The lowest BCUT2D eigenvalue weighted by Gasteiger charge is -2.05. The fourth-order valence-electron chi connectivity index (χ4n) is 1.48. The first-order valence-electron chi connectivity index (χ1n) is 5.57. The number of carbonyl (C=O) groups excluding carboxylic acids is 1. The average Bonchev–Trinajstić information content (AvgIpc) is 2.90. The molecule has 0 atom stereocenters. The number of nitrogens with zero attached hydrogens (tertiary/aromatic N) is 3. The fraction of sp³-hybridized carbons (Fsp3) is 0.250. The van der Waals surface area contributed by atoms with Crippen molar-refractivity contribution in [2.45, 2.75) is 19.7 Å². The smallest absolute Gasteiger partial charge is 0.242 e. The first-order valence-corrected chi connectivity index (χ1v) is 5.57. The predicted octanol–water partition coefficient (Wildman–Crippen LogP) is 0.0868. The third kappa shape index (κ3) is 3.39. The lowest BCUT2D eigenvalue weighted by molar-refractivity contribution is -0.122. The maximum absolute atomic E-state index is 11.6. The van der Waals surface area contributed by atoms with Crippen LogP contribution in [0.1, 0.15) is 11.1 Å². The summed E-state index contributed by atoms with van der Waals surface area (Å²) in [5, 5.41) is 19.0. The number of hydrogen-bond donors (Lipinski definition) is 2. The Labute approximate surface area is 104 Å². The number of aliphatic hydroxyl groups is 1. The van der Waals surface area contributed by atoms with Crippen molar-refractivity contribution in [3.05, 3.63) is 47.8 Å². The Morgan fingerprint density at radius 3 is 2.61 bits per heavy atom. The first-order chi connectivity index (χ1) is 8.78. The number of aliphatic hydroxyl groups excluding tert-OH is 1. The summed E-state index contributed by atoms with van der Waals surface area (Å²) in [4.78, 5) is 11.6. The summed E-state index contributed by atoms with van der Waals surface area (Å²) < 4.78 is 1.46. The van der Waals surface area contributed by atoms with Crippen LogP contribution < -0.4 is 5.32 Å². The van der Waals surface area contributed by atoms with E-state index in [0.717, 1.165) is 11.1 Å². The Hall–Kier alpha value is -2.21. The molecule has 0 saturated carbocycles. The summed E-state index contributed by atoms with van der Waals surface area (Å²) >= 11 is 0. The van der Waals surface area contributed by atoms with E-state index in [0.29, 0.717) is 6.54 Å². The Morgan fingerprint density at radius 2 is 2.00 bits per heavy atom. The van der Waals surface area contributed by atoms with Gasteiger partial charge in [-0.3, -0.25) is 4.79 Å². The van der Waals surface area contributed by atoms with Crippen LogP contribution >= 0.6 is 0 Å². The minimum Gasteiger partial charge on any atom is -0.392 e. The van der Waals surface area contributed by atoms with E-state index in [1.54, 1.807) is 6.20 Å². The van der Waals surface area contributed by atoms with Gasteiger partial charge in [0.25, 0.3) is 0 Å². The third-order valence-corrected chi connectivity index (χ3v) is 2.47. The van der Waals surface area contributed by atoms with E-state index in [1.807, 2.05) is 24.3 Å². The zero-order chi connectivity index (χ0) is 12.8. The molecule has 0 radical (unpaired) electrons. The van der Waals surface area contributed by atoms with Crippen molar-refractivity contribution in [2.24, 2.45) is 0 Å². The minimum absolute atomic E-state index is 0.0267. The summed E-state index contributed by atoms with van der Waals surface area (Å²) in [5.74, 6) is -0.119. The molecule has 1 aromatic carbocycles. The molecular weight excluding hydrogens is 232 g/mol. The molecule has 1 amide bonds. The van der Waals surface area contributed by atoms with Gasteiger partial charge in [0.1, 0.15) is 6.54 Å². The number of aromatic nitrogens is 3. The van der Waals surface area contributed by atoms with Gasteiger partial charge in [-0.15, -0.1) is 5.10 Å². The van der Waals surface area contributed by atoms with Gasteiger partial charge in [-0.2, -0.15) is 0 Å². The van der Waals surface area contributed by atoms with Crippen LogP contribution in [0, 0.1) is 0 Å². The second kappa shape index (κ2) is 5.92. The first kappa shape index (κ1) is 12.3. The van der Waals surface area contributed by atoms with Gasteiger partial charge in [0.15, 0.2) is 0 Å². The quantitative estimate of drug-likeness (QED) is 0.783. The third-order valence-electron chi connectivity index (χ3n) is 2.47. The Balaban J connectivity index is 1.81. The second-order valence-corrected chi connectivity index (χ2v) is 3.85. The van der Waals surface area contributed by atoms with E-state index in [1.165, 1.54) is 10.9 Å². The molecule has 6 heteroatoms. The lowest BCUT2D eigenvalue weighted by atomic mass is 10.1. The molecule has 0 aliphatic carbocycles. The number of amides is 1.